The largest absolute Gasteiger partial charge is 0.255 e. The van der Waals surface area contributed by atoms with Crippen molar-refractivity contribution < 1.29 is 4.39 Å². The molecule has 1 aromatic rings. The Hall–Kier alpha value is -0.450. The molecule has 4 heteroatoms. The number of hydrogen-bond donors (Lipinski definition) is 1. The predicted molar refractivity (Wildman–Crippen MR) is 57.1 cm³/mol. The van der Waals surface area contributed by atoms with E-state index in [1.165, 1.54) is 12.5 Å². The summed E-state index contributed by atoms with van der Waals surface area (Å²) in [6.45, 7) is 2.94. The monoisotopic (exact) mass is 258 g/mol. The van der Waals surface area contributed by atoms with E-state index in [-0.39, 0.29) is 5.82 Å². The van der Waals surface area contributed by atoms with Crippen LogP contribution in [0.5, 0.6) is 0 Å². The molecule has 1 aliphatic rings. The van der Waals surface area contributed by atoms with Crippen molar-refractivity contribution in [2.24, 2.45) is 0 Å². The highest BCUT2D eigenvalue weighted by atomic mass is 79.9. The molecule has 0 amide bonds. The van der Waals surface area contributed by atoms with Gasteiger partial charge in [0.1, 0.15) is 5.82 Å². The average Bonchev–Trinajstić information content (AvgIpc) is 2.64. The molecule has 1 saturated heterocycles. The van der Waals surface area contributed by atoms with Gasteiger partial charge in [-0.05, 0) is 40.0 Å². The standard InChI is InChI=1S/C10H12BrFN2/c11-9-6-8(2-3-10(9)12)7-14-5-1-4-13-14/h2-3,6,13H,1,4-5,7H2. The van der Waals surface area contributed by atoms with Gasteiger partial charge in [0.15, 0.2) is 0 Å². The highest BCUT2D eigenvalue weighted by Crippen LogP contribution is 2.18. The van der Waals surface area contributed by atoms with Crippen molar-refractivity contribution in [1.82, 2.24) is 10.4 Å². The van der Waals surface area contributed by atoms with Crippen LogP contribution in [0.3, 0.4) is 0 Å². The quantitative estimate of drug-likeness (QED) is 0.876. The molecule has 0 aromatic heterocycles. The van der Waals surface area contributed by atoms with Crippen LogP contribution in [0.25, 0.3) is 0 Å². The summed E-state index contributed by atoms with van der Waals surface area (Å²) in [4.78, 5) is 0. The number of halogens is 2. The van der Waals surface area contributed by atoms with Crippen molar-refractivity contribution in [3.63, 3.8) is 0 Å². The predicted octanol–water partition coefficient (Wildman–Crippen LogP) is 2.30. The zero-order valence-electron chi connectivity index (χ0n) is 7.76. The van der Waals surface area contributed by atoms with Crippen LogP contribution in [0.15, 0.2) is 22.7 Å². The molecule has 2 nitrogen and oxygen atoms in total. The Morgan fingerprint density at radius 2 is 2.36 bits per heavy atom. The van der Waals surface area contributed by atoms with Crippen molar-refractivity contribution in [3.8, 4) is 0 Å². The van der Waals surface area contributed by atoms with Crippen LogP contribution in [-0.2, 0) is 6.54 Å². The lowest BCUT2D eigenvalue weighted by Gasteiger charge is -2.15. The molecule has 1 aromatic carbocycles. The highest BCUT2D eigenvalue weighted by molar-refractivity contribution is 9.10. The molecule has 14 heavy (non-hydrogen) atoms. The number of nitrogens with zero attached hydrogens (tertiary/aromatic N) is 1. The minimum Gasteiger partial charge on any atom is -0.255 e. The Morgan fingerprint density at radius 1 is 1.50 bits per heavy atom. The Morgan fingerprint density at radius 3 is 3.00 bits per heavy atom. The fourth-order valence-corrected chi connectivity index (χ4v) is 2.01. The van der Waals surface area contributed by atoms with E-state index in [2.05, 4.69) is 26.4 Å². The molecule has 0 atom stereocenters. The zero-order valence-corrected chi connectivity index (χ0v) is 9.35. The van der Waals surface area contributed by atoms with E-state index in [1.807, 2.05) is 12.1 Å². The second-order valence-corrected chi connectivity index (χ2v) is 4.29. The number of hydrazine groups is 1. The second kappa shape index (κ2) is 4.38. The number of benzene rings is 1. The molecule has 1 fully saturated rings. The Bertz CT molecular complexity index is 324. The first-order chi connectivity index (χ1) is 6.75. The van der Waals surface area contributed by atoms with Crippen LogP contribution in [0.2, 0.25) is 0 Å². The molecular formula is C10H12BrFN2. The van der Waals surface area contributed by atoms with E-state index in [0.717, 1.165) is 25.2 Å². The van der Waals surface area contributed by atoms with Gasteiger partial charge < -0.3 is 0 Å². The zero-order chi connectivity index (χ0) is 9.97. The smallest absolute Gasteiger partial charge is 0.137 e. The summed E-state index contributed by atoms with van der Waals surface area (Å²) < 4.78 is 13.5. The summed E-state index contributed by atoms with van der Waals surface area (Å²) in [6.07, 6.45) is 1.18. The summed E-state index contributed by atoms with van der Waals surface area (Å²) in [5.74, 6) is -0.205. The summed E-state index contributed by atoms with van der Waals surface area (Å²) in [6, 6.07) is 5.14. The van der Waals surface area contributed by atoms with Gasteiger partial charge in [-0.3, -0.25) is 5.43 Å². The van der Waals surface area contributed by atoms with E-state index in [0.29, 0.717) is 4.47 Å². The lowest BCUT2D eigenvalue weighted by Crippen LogP contribution is -2.29. The van der Waals surface area contributed by atoms with Gasteiger partial charge in [-0.25, -0.2) is 9.40 Å². The van der Waals surface area contributed by atoms with Gasteiger partial charge in [0.25, 0.3) is 0 Å². The van der Waals surface area contributed by atoms with Crippen LogP contribution in [0.1, 0.15) is 12.0 Å². The molecule has 1 N–H and O–H groups in total. The molecule has 1 aliphatic heterocycles. The van der Waals surface area contributed by atoms with Crippen LogP contribution in [0, 0.1) is 5.82 Å². The van der Waals surface area contributed by atoms with Crippen LogP contribution >= 0.6 is 15.9 Å². The fourth-order valence-electron chi connectivity index (χ4n) is 1.58. The van der Waals surface area contributed by atoms with Crippen molar-refractivity contribution >= 4 is 15.9 Å². The number of rotatable bonds is 2. The van der Waals surface area contributed by atoms with Crippen LogP contribution in [-0.4, -0.2) is 18.1 Å². The minimum absolute atomic E-state index is 0.205. The van der Waals surface area contributed by atoms with Gasteiger partial charge in [0.2, 0.25) is 0 Å². The molecule has 76 valence electrons. The van der Waals surface area contributed by atoms with Crippen molar-refractivity contribution in [1.29, 1.82) is 0 Å². The van der Waals surface area contributed by atoms with E-state index >= 15 is 0 Å². The van der Waals surface area contributed by atoms with Crippen LogP contribution < -0.4 is 5.43 Å². The third kappa shape index (κ3) is 2.32. The van der Waals surface area contributed by atoms with E-state index in [1.54, 1.807) is 0 Å². The summed E-state index contributed by atoms with van der Waals surface area (Å²) in [7, 11) is 0. The Labute approximate surface area is 91.2 Å². The highest BCUT2D eigenvalue weighted by Gasteiger charge is 2.11. The number of hydrogen-bond acceptors (Lipinski definition) is 2. The Kier molecular flexibility index (Phi) is 3.15. The van der Waals surface area contributed by atoms with E-state index < -0.39 is 0 Å². The molecule has 0 unspecified atom stereocenters. The normalized spacial score (nSPS) is 17.6. The summed E-state index contributed by atoms with van der Waals surface area (Å²) in [5.41, 5.74) is 4.38. The van der Waals surface area contributed by atoms with Crippen molar-refractivity contribution in [3.05, 3.63) is 34.1 Å². The van der Waals surface area contributed by atoms with Gasteiger partial charge in [0, 0.05) is 19.6 Å². The molecule has 0 saturated carbocycles. The average molecular weight is 259 g/mol. The van der Waals surface area contributed by atoms with Gasteiger partial charge in [0.05, 0.1) is 4.47 Å². The third-order valence-electron chi connectivity index (χ3n) is 2.30. The maximum Gasteiger partial charge on any atom is 0.137 e. The molecule has 0 bridgehead atoms. The maximum atomic E-state index is 12.9. The third-order valence-corrected chi connectivity index (χ3v) is 2.91. The molecule has 2 rings (SSSR count). The van der Waals surface area contributed by atoms with Crippen LogP contribution in [0.4, 0.5) is 4.39 Å². The molecule has 0 aliphatic carbocycles. The van der Waals surface area contributed by atoms with Crippen molar-refractivity contribution in [2.45, 2.75) is 13.0 Å². The Balaban J connectivity index is 2.05. The molecular weight excluding hydrogens is 247 g/mol. The summed E-state index contributed by atoms with van der Waals surface area (Å²) >= 11 is 3.18. The first-order valence-corrected chi connectivity index (χ1v) is 5.47. The lowest BCUT2D eigenvalue weighted by atomic mass is 10.2. The van der Waals surface area contributed by atoms with Gasteiger partial charge in [-0.15, -0.1) is 0 Å². The van der Waals surface area contributed by atoms with E-state index in [9.17, 15) is 4.39 Å². The number of nitrogens with one attached hydrogen (secondary N) is 1. The molecule has 0 spiro atoms. The van der Waals surface area contributed by atoms with Gasteiger partial charge in [-0.1, -0.05) is 6.07 Å². The summed E-state index contributed by atoms with van der Waals surface area (Å²) in [5, 5.41) is 2.15. The lowest BCUT2D eigenvalue weighted by molar-refractivity contribution is 0.244. The fraction of sp³-hybridized carbons (Fsp3) is 0.400. The molecule has 0 radical (unpaired) electrons. The maximum absolute atomic E-state index is 12.9. The SMILES string of the molecule is Fc1ccc(CN2CCCN2)cc1Br. The van der Waals surface area contributed by atoms with E-state index in [4.69, 9.17) is 0 Å². The molecule has 1 heterocycles. The van der Waals surface area contributed by atoms with Crippen molar-refractivity contribution in [2.75, 3.05) is 13.1 Å². The van der Waals surface area contributed by atoms with Gasteiger partial charge >= 0.3 is 0 Å². The second-order valence-electron chi connectivity index (χ2n) is 3.43. The first-order valence-electron chi connectivity index (χ1n) is 4.68. The topological polar surface area (TPSA) is 15.3 Å². The first kappa shape index (κ1) is 10.1. The van der Waals surface area contributed by atoms with Gasteiger partial charge in [-0.2, -0.15) is 0 Å². The minimum atomic E-state index is -0.205.